The average molecular weight is 272 g/mol. The summed E-state index contributed by atoms with van der Waals surface area (Å²) >= 11 is 5.82. The smallest absolute Gasteiger partial charge is 0.312 e. The molecule has 1 aromatic rings. The number of rotatable bonds is 4. The Morgan fingerprint density at radius 1 is 1.44 bits per heavy atom. The van der Waals surface area contributed by atoms with E-state index in [0.717, 1.165) is 0 Å². The van der Waals surface area contributed by atoms with Crippen LogP contribution in [0.5, 0.6) is 5.75 Å². The second-order valence-corrected chi connectivity index (χ2v) is 4.00. The van der Waals surface area contributed by atoms with Gasteiger partial charge >= 0.3 is 6.03 Å². The van der Waals surface area contributed by atoms with Crippen LogP contribution in [0.15, 0.2) is 18.2 Å². The Balaban J connectivity index is 2.80. The Hall–Kier alpha value is -1.95. The van der Waals surface area contributed by atoms with E-state index in [9.17, 15) is 9.59 Å². The van der Waals surface area contributed by atoms with Crippen LogP contribution in [0.2, 0.25) is 5.02 Å². The van der Waals surface area contributed by atoms with Gasteiger partial charge in [-0.05, 0) is 25.1 Å². The molecule has 0 spiro atoms. The van der Waals surface area contributed by atoms with Crippen molar-refractivity contribution < 1.29 is 14.3 Å². The Labute approximate surface area is 109 Å². The third kappa shape index (κ3) is 3.81. The van der Waals surface area contributed by atoms with Crippen LogP contribution in [0.3, 0.4) is 0 Å². The lowest BCUT2D eigenvalue weighted by molar-refractivity contribution is -0.117. The van der Waals surface area contributed by atoms with Gasteiger partial charge in [-0.1, -0.05) is 11.6 Å². The zero-order valence-corrected chi connectivity index (χ0v) is 10.7. The number of methoxy groups -OCH3 is 1. The molecule has 0 aromatic heterocycles. The van der Waals surface area contributed by atoms with Crippen molar-refractivity contribution in [2.45, 2.75) is 13.0 Å². The maximum atomic E-state index is 11.7. The minimum absolute atomic E-state index is 0.422. The summed E-state index contributed by atoms with van der Waals surface area (Å²) in [6, 6.07) is 3.29. The van der Waals surface area contributed by atoms with Crippen molar-refractivity contribution >= 4 is 29.2 Å². The van der Waals surface area contributed by atoms with E-state index in [1.54, 1.807) is 18.2 Å². The average Bonchev–Trinajstić information content (AvgIpc) is 2.28. The Kier molecular flexibility index (Phi) is 4.79. The number of amides is 3. The Bertz CT molecular complexity index is 465. The fourth-order valence-corrected chi connectivity index (χ4v) is 1.47. The van der Waals surface area contributed by atoms with Gasteiger partial charge in [0.25, 0.3) is 0 Å². The van der Waals surface area contributed by atoms with Gasteiger partial charge in [-0.3, -0.25) is 4.79 Å². The number of ether oxygens (including phenoxy) is 1. The number of benzene rings is 1. The van der Waals surface area contributed by atoms with Crippen molar-refractivity contribution in [1.82, 2.24) is 5.32 Å². The third-order valence-electron chi connectivity index (χ3n) is 2.17. The molecular weight excluding hydrogens is 258 g/mol. The van der Waals surface area contributed by atoms with Crippen molar-refractivity contribution in [3.05, 3.63) is 23.2 Å². The van der Waals surface area contributed by atoms with Crippen LogP contribution in [0, 0.1) is 0 Å². The highest BCUT2D eigenvalue weighted by molar-refractivity contribution is 6.31. The monoisotopic (exact) mass is 271 g/mol. The van der Waals surface area contributed by atoms with Gasteiger partial charge in [0.05, 0.1) is 12.8 Å². The summed E-state index contributed by atoms with van der Waals surface area (Å²) < 4.78 is 5.08. The summed E-state index contributed by atoms with van der Waals surface area (Å²) in [5.74, 6) is 0.0494. The van der Waals surface area contributed by atoms with Gasteiger partial charge in [-0.15, -0.1) is 0 Å². The number of hydrogen-bond acceptors (Lipinski definition) is 3. The first-order valence-corrected chi connectivity index (χ1v) is 5.52. The Morgan fingerprint density at radius 3 is 2.67 bits per heavy atom. The second-order valence-electron chi connectivity index (χ2n) is 3.56. The zero-order chi connectivity index (χ0) is 13.7. The molecule has 0 fully saturated rings. The number of primary amides is 1. The molecule has 0 heterocycles. The summed E-state index contributed by atoms with van der Waals surface area (Å²) in [6.07, 6.45) is 0. The zero-order valence-electron chi connectivity index (χ0n) is 9.99. The molecule has 7 heteroatoms. The number of nitrogens with two attached hydrogens (primary N) is 1. The lowest BCUT2D eigenvalue weighted by Gasteiger charge is -2.14. The van der Waals surface area contributed by atoms with Crippen molar-refractivity contribution in [1.29, 1.82) is 0 Å². The highest BCUT2D eigenvalue weighted by Gasteiger charge is 2.16. The molecule has 0 saturated heterocycles. The molecule has 1 atom stereocenters. The number of urea groups is 1. The molecule has 0 radical (unpaired) electrons. The maximum absolute atomic E-state index is 11.7. The minimum Gasteiger partial charge on any atom is -0.495 e. The topological polar surface area (TPSA) is 93.4 Å². The molecule has 98 valence electrons. The molecule has 0 aliphatic rings. The van der Waals surface area contributed by atoms with E-state index < -0.39 is 18.0 Å². The molecule has 1 aromatic carbocycles. The maximum Gasteiger partial charge on any atom is 0.312 e. The van der Waals surface area contributed by atoms with Crippen LogP contribution in [0.1, 0.15) is 6.92 Å². The van der Waals surface area contributed by atoms with Crippen molar-refractivity contribution in [2.24, 2.45) is 5.73 Å². The van der Waals surface area contributed by atoms with Crippen LogP contribution in [0.4, 0.5) is 10.5 Å². The molecule has 0 saturated carbocycles. The highest BCUT2D eigenvalue weighted by atomic mass is 35.5. The van der Waals surface area contributed by atoms with E-state index in [4.69, 9.17) is 22.1 Å². The van der Waals surface area contributed by atoms with E-state index >= 15 is 0 Å². The van der Waals surface area contributed by atoms with Crippen molar-refractivity contribution in [2.75, 3.05) is 12.4 Å². The number of carbonyl (C=O) groups excluding carboxylic acids is 2. The van der Waals surface area contributed by atoms with Gasteiger partial charge in [-0.2, -0.15) is 0 Å². The van der Waals surface area contributed by atoms with E-state index in [1.165, 1.54) is 14.0 Å². The van der Waals surface area contributed by atoms with Gasteiger partial charge in [0.1, 0.15) is 11.8 Å². The largest absolute Gasteiger partial charge is 0.495 e. The van der Waals surface area contributed by atoms with E-state index in [2.05, 4.69) is 10.6 Å². The van der Waals surface area contributed by atoms with Crippen LogP contribution < -0.4 is 21.1 Å². The molecule has 4 N–H and O–H groups in total. The van der Waals surface area contributed by atoms with E-state index in [1.807, 2.05) is 0 Å². The lowest BCUT2D eigenvalue weighted by Crippen LogP contribution is -2.44. The first-order valence-electron chi connectivity index (χ1n) is 5.14. The summed E-state index contributed by atoms with van der Waals surface area (Å²) in [5.41, 5.74) is 5.35. The summed E-state index contributed by atoms with van der Waals surface area (Å²) in [7, 11) is 1.48. The molecule has 1 rings (SSSR count). The molecule has 18 heavy (non-hydrogen) atoms. The lowest BCUT2D eigenvalue weighted by atomic mass is 10.2. The van der Waals surface area contributed by atoms with Crippen LogP contribution in [0.25, 0.3) is 0 Å². The van der Waals surface area contributed by atoms with Crippen molar-refractivity contribution in [3.63, 3.8) is 0 Å². The molecule has 0 bridgehead atoms. The van der Waals surface area contributed by atoms with Gasteiger partial charge < -0.3 is 21.1 Å². The molecule has 6 nitrogen and oxygen atoms in total. The third-order valence-corrected chi connectivity index (χ3v) is 2.41. The number of halogens is 1. The summed E-state index contributed by atoms with van der Waals surface area (Å²) in [4.78, 5) is 22.4. The van der Waals surface area contributed by atoms with Gasteiger partial charge in [0, 0.05) is 5.02 Å². The van der Waals surface area contributed by atoms with Gasteiger partial charge in [0.15, 0.2) is 0 Å². The molecule has 1 unspecified atom stereocenters. The summed E-state index contributed by atoms with van der Waals surface area (Å²) in [6.45, 7) is 1.51. The van der Waals surface area contributed by atoms with Crippen LogP contribution in [-0.4, -0.2) is 25.1 Å². The molecule has 0 aliphatic carbocycles. The predicted molar refractivity (Wildman–Crippen MR) is 68.8 cm³/mol. The molecule has 3 amide bonds. The number of anilines is 1. The SMILES string of the molecule is COc1ccc(Cl)cc1NC(=O)C(C)NC(N)=O. The predicted octanol–water partition coefficient (Wildman–Crippen LogP) is 1.34. The number of nitrogens with one attached hydrogen (secondary N) is 2. The standard InChI is InChI=1S/C11H14ClN3O3/c1-6(14-11(13)17)10(16)15-8-5-7(12)3-4-9(8)18-2/h3-6H,1-2H3,(H,15,16)(H3,13,14,17). The summed E-state index contributed by atoms with van der Waals surface area (Å²) in [5, 5.41) is 5.32. The number of hydrogen-bond donors (Lipinski definition) is 3. The fraction of sp³-hybridized carbons (Fsp3) is 0.273. The highest BCUT2D eigenvalue weighted by Crippen LogP contribution is 2.27. The molecular formula is C11H14ClN3O3. The first-order chi connectivity index (χ1) is 8.43. The van der Waals surface area contributed by atoms with Gasteiger partial charge in [-0.25, -0.2) is 4.79 Å². The van der Waals surface area contributed by atoms with Crippen molar-refractivity contribution in [3.8, 4) is 5.75 Å². The van der Waals surface area contributed by atoms with E-state index in [-0.39, 0.29) is 0 Å². The van der Waals surface area contributed by atoms with Gasteiger partial charge in [0.2, 0.25) is 5.91 Å². The van der Waals surface area contributed by atoms with Crippen LogP contribution >= 0.6 is 11.6 Å². The number of carbonyl (C=O) groups is 2. The minimum atomic E-state index is -0.768. The normalized spacial score (nSPS) is 11.5. The van der Waals surface area contributed by atoms with E-state index in [0.29, 0.717) is 16.5 Å². The Morgan fingerprint density at radius 2 is 2.11 bits per heavy atom. The molecule has 0 aliphatic heterocycles. The quantitative estimate of drug-likeness (QED) is 0.771. The van der Waals surface area contributed by atoms with Crippen LogP contribution in [-0.2, 0) is 4.79 Å². The fourth-order valence-electron chi connectivity index (χ4n) is 1.30. The second kappa shape index (κ2) is 6.11. The first kappa shape index (κ1) is 14.1.